The zero-order chi connectivity index (χ0) is 20.3. The van der Waals surface area contributed by atoms with Gasteiger partial charge in [-0.25, -0.2) is 13.6 Å². The molecule has 8 heteroatoms. The molecule has 0 aliphatic rings. The molecule has 0 unspecified atom stereocenters. The number of carbonyl (C=O) groups is 2. The van der Waals surface area contributed by atoms with Crippen LogP contribution in [0.1, 0.15) is 26.6 Å². The standard InChI is InChI=1S/C20H18F2N2O3S/c1-12-8-16(13(2)24(12)10-15-4-3-7-28-15)20(26)27-11-19(25)23-18-6-5-14(21)9-17(18)22/h3-9H,10-11H2,1-2H3,(H,23,25). The summed E-state index contributed by atoms with van der Waals surface area (Å²) in [5, 5.41) is 4.23. The van der Waals surface area contributed by atoms with Crippen molar-refractivity contribution in [3.63, 3.8) is 0 Å². The van der Waals surface area contributed by atoms with E-state index in [0.29, 0.717) is 18.2 Å². The molecule has 0 saturated carbocycles. The largest absolute Gasteiger partial charge is 0.452 e. The van der Waals surface area contributed by atoms with Crippen molar-refractivity contribution in [3.05, 3.63) is 75.2 Å². The van der Waals surface area contributed by atoms with Crippen LogP contribution in [0.4, 0.5) is 14.5 Å². The van der Waals surface area contributed by atoms with Crippen LogP contribution in [0.2, 0.25) is 0 Å². The van der Waals surface area contributed by atoms with Gasteiger partial charge in [0.25, 0.3) is 5.91 Å². The molecule has 0 fully saturated rings. The fourth-order valence-corrected chi connectivity index (χ4v) is 3.49. The molecule has 3 rings (SSSR count). The Balaban J connectivity index is 1.62. The van der Waals surface area contributed by atoms with Crippen molar-refractivity contribution in [2.24, 2.45) is 0 Å². The van der Waals surface area contributed by atoms with Crippen LogP contribution in [0.5, 0.6) is 0 Å². The molecule has 2 aromatic heterocycles. The van der Waals surface area contributed by atoms with Crippen LogP contribution in [-0.4, -0.2) is 23.1 Å². The Bertz CT molecular complexity index is 1010. The Morgan fingerprint density at radius 1 is 1.18 bits per heavy atom. The number of benzene rings is 1. The predicted molar refractivity (Wildman–Crippen MR) is 103 cm³/mol. The Hall–Kier alpha value is -3.00. The molecule has 28 heavy (non-hydrogen) atoms. The van der Waals surface area contributed by atoms with E-state index in [-0.39, 0.29) is 5.69 Å². The SMILES string of the molecule is Cc1cc(C(=O)OCC(=O)Nc2ccc(F)cc2F)c(C)n1Cc1cccs1. The third-order valence-corrected chi connectivity index (χ3v) is 5.09. The summed E-state index contributed by atoms with van der Waals surface area (Å²) in [7, 11) is 0. The topological polar surface area (TPSA) is 60.3 Å². The Kier molecular flexibility index (Phi) is 5.89. The summed E-state index contributed by atoms with van der Waals surface area (Å²) >= 11 is 1.63. The minimum absolute atomic E-state index is 0.184. The van der Waals surface area contributed by atoms with Crippen molar-refractivity contribution in [1.29, 1.82) is 0 Å². The first-order valence-electron chi connectivity index (χ1n) is 8.46. The lowest BCUT2D eigenvalue weighted by Crippen LogP contribution is -2.21. The van der Waals surface area contributed by atoms with E-state index in [2.05, 4.69) is 5.32 Å². The maximum atomic E-state index is 13.6. The van der Waals surface area contributed by atoms with Gasteiger partial charge in [0.15, 0.2) is 6.61 Å². The number of rotatable bonds is 6. The summed E-state index contributed by atoms with van der Waals surface area (Å²) in [5.74, 6) is -3.01. The van der Waals surface area contributed by atoms with E-state index < -0.39 is 30.1 Å². The quantitative estimate of drug-likeness (QED) is 0.624. The number of hydrogen-bond acceptors (Lipinski definition) is 4. The fourth-order valence-electron chi connectivity index (χ4n) is 2.80. The lowest BCUT2D eigenvalue weighted by molar-refractivity contribution is -0.119. The van der Waals surface area contributed by atoms with E-state index >= 15 is 0 Å². The summed E-state index contributed by atoms with van der Waals surface area (Å²) in [6.07, 6.45) is 0. The van der Waals surface area contributed by atoms with Crippen LogP contribution in [0.3, 0.4) is 0 Å². The zero-order valence-corrected chi connectivity index (χ0v) is 16.1. The van der Waals surface area contributed by atoms with Crippen molar-refractivity contribution < 1.29 is 23.1 Å². The van der Waals surface area contributed by atoms with E-state index in [1.165, 1.54) is 0 Å². The number of hydrogen-bond donors (Lipinski definition) is 1. The van der Waals surface area contributed by atoms with Crippen molar-refractivity contribution in [3.8, 4) is 0 Å². The molecule has 3 aromatic rings. The van der Waals surface area contributed by atoms with Crippen LogP contribution >= 0.6 is 11.3 Å². The first kappa shape index (κ1) is 19.8. The van der Waals surface area contributed by atoms with E-state index in [0.717, 1.165) is 28.4 Å². The Morgan fingerprint density at radius 3 is 2.64 bits per heavy atom. The van der Waals surface area contributed by atoms with E-state index in [1.54, 1.807) is 17.4 Å². The number of esters is 1. The number of halogens is 2. The maximum Gasteiger partial charge on any atom is 0.340 e. The highest BCUT2D eigenvalue weighted by molar-refractivity contribution is 7.09. The molecule has 146 valence electrons. The normalized spacial score (nSPS) is 10.7. The average Bonchev–Trinajstić information content (AvgIpc) is 3.26. The number of thiophene rings is 1. The van der Waals surface area contributed by atoms with Gasteiger partial charge in [-0.1, -0.05) is 6.07 Å². The molecule has 1 N–H and O–H groups in total. The number of amides is 1. The number of ether oxygens (including phenoxy) is 1. The molecule has 0 atom stereocenters. The Morgan fingerprint density at radius 2 is 1.96 bits per heavy atom. The molecule has 0 saturated heterocycles. The van der Waals surface area contributed by atoms with E-state index in [1.807, 2.05) is 35.9 Å². The molecule has 0 radical (unpaired) electrons. The molecular weight excluding hydrogens is 386 g/mol. The van der Waals surface area contributed by atoms with Gasteiger partial charge in [-0.15, -0.1) is 11.3 Å². The number of nitrogens with one attached hydrogen (secondary N) is 1. The first-order valence-corrected chi connectivity index (χ1v) is 9.34. The second kappa shape index (κ2) is 8.35. The van der Waals surface area contributed by atoms with Gasteiger partial charge in [-0.2, -0.15) is 0 Å². The summed E-state index contributed by atoms with van der Waals surface area (Å²) in [6, 6.07) is 8.47. The molecule has 2 heterocycles. The number of carbonyl (C=O) groups excluding carboxylic acids is 2. The highest BCUT2D eigenvalue weighted by Gasteiger charge is 2.19. The molecule has 5 nitrogen and oxygen atoms in total. The van der Waals surface area contributed by atoms with E-state index in [4.69, 9.17) is 4.74 Å². The van der Waals surface area contributed by atoms with Gasteiger partial charge >= 0.3 is 5.97 Å². The minimum atomic E-state index is -0.906. The number of nitrogens with zero attached hydrogens (tertiary/aromatic N) is 1. The van der Waals surface area contributed by atoms with Crippen LogP contribution < -0.4 is 5.32 Å². The van der Waals surface area contributed by atoms with Gasteiger partial charge < -0.3 is 14.6 Å². The molecule has 0 spiro atoms. The average molecular weight is 404 g/mol. The second-order valence-electron chi connectivity index (χ2n) is 6.20. The van der Waals surface area contributed by atoms with Crippen LogP contribution in [0.15, 0.2) is 41.8 Å². The first-order chi connectivity index (χ1) is 13.3. The summed E-state index contributed by atoms with van der Waals surface area (Å²) in [5.41, 5.74) is 1.82. The molecule has 1 amide bonds. The number of aromatic nitrogens is 1. The van der Waals surface area contributed by atoms with Crippen molar-refractivity contribution in [2.45, 2.75) is 20.4 Å². The van der Waals surface area contributed by atoms with Gasteiger partial charge in [-0.3, -0.25) is 4.79 Å². The Labute approximate surface area is 164 Å². The molecule has 0 bridgehead atoms. The van der Waals surface area contributed by atoms with E-state index in [9.17, 15) is 18.4 Å². The van der Waals surface area contributed by atoms with Crippen LogP contribution in [0.25, 0.3) is 0 Å². The van der Waals surface area contributed by atoms with Crippen molar-refractivity contribution in [2.75, 3.05) is 11.9 Å². The predicted octanol–water partition coefficient (Wildman–Crippen LogP) is 4.29. The smallest absolute Gasteiger partial charge is 0.340 e. The molecule has 0 aliphatic carbocycles. The van der Waals surface area contributed by atoms with Crippen molar-refractivity contribution >= 4 is 28.9 Å². The van der Waals surface area contributed by atoms with Gasteiger partial charge in [-0.05, 0) is 43.5 Å². The van der Waals surface area contributed by atoms with Gasteiger partial charge in [0.2, 0.25) is 0 Å². The second-order valence-corrected chi connectivity index (χ2v) is 7.23. The fraction of sp³-hybridized carbons (Fsp3) is 0.200. The molecule has 1 aromatic carbocycles. The number of anilines is 1. The zero-order valence-electron chi connectivity index (χ0n) is 15.3. The minimum Gasteiger partial charge on any atom is -0.452 e. The number of aryl methyl sites for hydroxylation is 1. The summed E-state index contributed by atoms with van der Waals surface area (Å²) in [6.45, 7) is 3.77. The van der Waals surface area contributed by atoms with Gasteiger partial charge in [0.05, 0.1) is 17.8 Å². The lowest BCUT2D eigenvalue weighted by atomic mass is 10.2. The maximum absolute atomic E-state index is 13.6. The van der Waals surface area contributed by atoms with Gasteiger partial charge in [0.1, 0.15) is 11.6 Å². The van der Waals surface area contributed by atoms with Gasteiger partial charge in [0, 0.05) is 22.3 Å². The van der Waals surface area contributed by atoms with Crippen LogP contribution in [0, 0.1) is 25.5 Å². The molecule has 0 aliphatic heterocycles. The summed E-state index contributed by atoms with van der Waals surface area (Å²) in [4.78, 5) is 25.4. The highest BCUT2D eigenvalue weighted by atomic mass is 32.1. The van der Waals surface area contributed by atoms with Crippen LogP contribution in [-0.2, 0) is 16.1 Å². The summed E-state index contributed by atoms with van der Waals surface area (Å²) < 4.78 is 33.5. The molecular formula is C20H18F2N2O3S. The monoisotopic (exact) mass is 404 g/mol. The highest BCUT2D eigenvalue weighted by Crippen LogP contribution is 2.20. The third-order valence-electron chi connectivity index (χ3n) is 4.23. The lowest BCUT2D eigenvalue weighted by Gasteiger charge is -2.09. The third kappa shape index (κ3) is 4.45. The van der Waals surface area contributed by atoms with Crippen molar-refractivity contribution in [1.82, 2.24) is 4.57 Å².